The van der Waals surface area contributed by atoms with Crippen molar-refractivity contribution in [3.05, 3.63) is 72.8 Å². The van der Waals surface area contributed by atoms with Gasteiger partial charge in [-0.25, -0.2) is 15.0 Å². The van der Waals surface area contributed by atoms with E-state index in [0.29, 0.717) is 30.6 Å². The number of benzene rings is 3. The first-order valence-corrected chi connectivity index (χ1v) is 9.85. The maximum atomic E-state index is 10.7. The molecule has 3 aromatic carbocycles. The number of epoxide rings is 1. The standard InChI is InChI=1S/C24H19N3O4/c28-19-11-17(30-13-18-14-31-18)12-20(29)21(19)24-26-22(15-7-3-1-4-8-15)25-23(27-24)16-9-5-2-6-10-16/h1-12,18,28-29H,13-14H2. The molecular formula is C24H19N3O4. The van der Waals surface area contributed by atoms with Gasteiger partial charge in [-0.2, -0.15) is 0 Å². The molecule has 1 fully saturated rings. The van der Waals surface area contributed by atoms with Crippen molar-refractivity contribution in [2.75, 3.05) is 13.2 Å². The highest BCUT2D eigenvalue weighted by atomic mass is 16.6. The number of aromatic nitrogens is 3. The molecule has 1 aliphatic rings. The Kier molecular flexibility index (Phi) is 4.93. The van der Waals surface area contributed by atoms with Crippen LogP contribution in [0.2, 0.25) is 0 Å². The van der Waals surface area contributed by atoms with Crippen molar-refractivity contribution in [2.45, 2.75) is 6.10 Å². The van der Waals surface area contributed by atoms with Gasteiger partial charge in [0.25, 0.3) is 0 Å². The molecule has 7 heteroatoms. The molecule has 0 amide bonds. The topological polar surface area (TPSA) is 101 Å². The Morgan fingerprint density at radius 3 is 1.74 bits per heavy atom. The van der Waals surface area contributed by atoms with Gasteiger partial charge in [0.05, 0.1) is 6.61 Å². The molecule has 1 saturated heterocycles. The van der Waals surface area contributed by atoms with E-state index < -0.39 is 0 Å². The minimum atomic E-state index is -0.184. The van der Waals surface area contributed by atoms with E-state index in [9.17, 15) is 10.2 Å². The first kappa shape index (κ1) is 19.0. The smallest absolute Gasteiger partial charge is 0.171 e. The lowest BCUT2D eigenvalue weighted by atomic mass is 10.1. The number of aromatic hydroxyl groups is 2. The van der Waals surface area contributed by atoms with Gasteiger partial charge in [0.2, 0.25) is 0 Å². The molecule has 0 aliphatic carbocycles. The van der Waals surface area contributed by atoms with Gasteiger partial charge in [-0.15, -0.1) is 0 Å². The van der Waals surface area contributed by atoms with Crippen LogP contribution >= 0.6 is 0 Å². The van der Waals surface area contributed by atoms with Gasteiger partial charge in [-0.3, -0.25) is 0 Å². The zero-order chi connectivity index (χ0) is 21.2. The summed E-state index contributed by atoms with van der Waals surface area (Å²) in [7, 11) is 0. The maximum absolute atomic E-state index is 10.7. The van der Waals surface area contributed by atoms with Crippen LogP contribution in [0.4, 0.5) is 0 Å². The molecule has 5 rings (SSSR count). The van der Waals surface area contributed by atoms with Crippen molar-refractivity contribution in [1.82, 2.24) is 15.0 Å². The maximum Gasteiger partial charge on any atom is 0.171 e. The first-order chi connectivity index (χ1) is 15.2. The van der Waals surface area contributed by atoms with E-state index in [4.69, 9.17) is 9.47 Å². The summed E-state index contributed by atoms with van der Waals surface area (Å²) < 4.78 is 10.7. The van der Waals surface area contributed by atoms with Crippen LogP contribution < -0.4 is 4.74 Å². The minimum Gasteiger partial charge on any atom is -0.507 e. The van der Waals surface area contributed by atoms with E-state index in [0.717, 1.165) is 11.1 Å². The van der Waals surface area contributed by atoms with Crippen LogP contribution in [0.25, 0.3) is 34.2 Å². The van der Waals surface area contributed by atoms with Crippen LogP contribution in [0.1, 0.15) is 0 Å². The van der Waals surface area contributed by atoms with Crippen LogP contribution in [-0.2, 0) is 4.74 Å². The molecular weight excluding hydrogens is 394 g/mol. The molecule has 4 aromatic rings. The van der Waals surface area contributed by atoms with Gasteiger partial charge in [-0.05, 0) is 0 Å². The summed E-state index contributed by atoms with van der Waals surface area (Å²) in [5, 5.41) is 21.3. The van der Waals surface area contributed by atoms with E-state index in [1.165, 1.54) is 12.1 Å². The van der Waals surface area contributed by atoms with Crippen molar-refractivity contribution in [2.24, 2.45) is 0 Å². The summed E-state index contributed by atoms with van der Waals surface area (Å²) in [5.41, 5.74) is 1.71. The third kappa shape index (κ3) is 4.17. The Labute approximate surface area is 178 Å². The number of hydrogen-bond acceptors (Lipinski definition) is 7. The molecule has 2 N–H and O–H groups in total. The Balaban J connectivity index is 1.61. The van der Waals surface area contributed by atoms with Crippen LogP contribution in [0.15, 0.2) is 72.8 Å². The van der Waals surface area contributed by atoms with Crippen LogP contribution in [0.3, 0.4) is 0 Å². The minimum absolute atomic E-state index is 0.0642. The molecule has 0 radical (unpaired) electrons. The molecule has 0 spiro atoms. The molecule has 1 aromatic heterocycles. The normalized spacial score (nSPS) is 14.9. The predicted octanol–water partition coefficient (Wildman–Crippen LogP) is 4.06. The molecule has 0 bridgehead atoms. The summed E-state index contributed by atoms with van der Waals surface area (Å²) in [4.78, 5) is 13.7. The van der Waals surface area contributed by atoms with E-state index >= 15 is 0 Å². The average molecular weight is 413 g/mol. The Hall–Kier alpha value is -3.97. The largest absolute Gasteiger partial charge is 0.507 e. The molecule has 1 unspecified atom stereocenters. The third-order valence-corrected chi connectivity index (χ3v) is 4.83. The molecule has 2 heterocycles. The summed E-state index contributed by atoms with van der Waals surface area (Å²) >= 11 is 0. The molecule has 31 heavy (non-hydrogen) atoms. The SMILES string of the molecule is Oc1cc(OCC2CO2)cc(O)c1-c1nc(-c2ccccc2)nc(-c2ccccc2)n1. The highest BCUT2D eigenvalue weighted by Crippen LogP contribution is 2.40. The van der Waals surface area contributed by atoms with Gasteiger partial charge < -0.3 is 19.7 Å². The summed E-state index contributed by atoms with van der Waals surface area (Å²) in [6.45, 7) is 1.02. The van der Waals surface area contributed by atoms with Gasteiger partial charge in [0.1, 0.15) is 35.5 Å². The number of nitrogens with zero attached hydrogens (tertiary/aromatic N) is 3. The van der Waals surface area contributed by atoms with E-state index in [2.05, 4.69) is 15.0 Å². The van der Waals surface area contributed by atoms with Gasteiger partial charge in [0, 0.05) is 23.3 Å². The Bertz CT molecular complexity index is 1130. The van der Waals surface area contributed by atoms with E-state index in [-0.39, 0.29) is 29.0 Å². The highest BCUT2D eigenvalue weighted by molar-refractivity contribution is 5.75. The average Bonchev–Trinajstić information content (AvgIpc) is 3.63. The molecule has 7 nitrogen and oxygen atoms in total. The van der Waals surface area contributed by atoms with Crippen LogP contribution in [0, 0.1) is 0 Å². The fourth-order valence-corrected chi connectivity index (χ4v) is 3.17. The van der Waals surface area contributed by atoms with Crippen molar-refractivity contribution < 1.29 is 19.7 Å². The molecule has 154 valence electrons. The lowest BCUT2D eigenvalue weighted by Gasteiger charge is -2.12. The van der Waals surface area contributed by atoms with Crippen LogP contribution in [0.5, 0.6) is 17.2 Å². The fourth-order valence-electron chi connectivity index (χ4n) is 3.17. The van der Waals surface area contributed by atoms with Gasteiger partial charge in [-0.1, -0.05) is 60.7 Å². The summed E-state index contributed by atoms with van der Waals surface area (Å²) in [5.74, 6) is 1.02. The molecule has 0 saturated carbocycles. The molecule has 1 atom stereocenters. The van der Waals surface area contributed by atoms with Gasteiger partial charge >= 0.3 is 0 Å². The van der Waals surface area contributed by atoms with E-state index in [1.807, 2.05) is 60.7 Å². The van der Waals surface area contributed by atoms with Crippen LogP contribution in [-0.4, -0.2) is 44.5 Å². The number of phenolic OH excluding ortho intramolecular Hbond substituents is 2. The van der Waals surface area contributed by atoms with Crippen molar-refractivity contribution in [3.8, 4) is 51.4 Å². The third-order valence-electron chi connectivity index (χ3n) is 4.83. The lowest BCUT2D eigenvalue weighted by molar-refractivity contribution is 0.261. The second-order valence-electron chi connectivity index (χ2n) is 7.14. The Morgan fingerprint density at radius 2 is 1.26 bits per heavy atom. The zero-order valence-corrected chi connectivity index (χ0v) is 16.5. The quantitative estimate of drug-likeness (QED) is 0.460. The Morgan fingerprint density at radius 1 is 0.774 bits per heavy atom. The van der Waals surface area contributed by atoms with Crippen molar-refractivity contribution in [3.63, 3.8) is 0 Å². The van der Waals surface area contributed by atoms with E-state index in [1.54, 1.807) is 0 Å². The summed E-state index contributed by atoms with van der Waals surface area (Å²) in [6.07, 6.45) is 0.0642. The number of phenols is 2. The lowest BCUT2D eigenvalue weighted by Crippen LogP contribution is -2.04. The number of rotatable bonds is 6. The van der Waals surface area contributed by atoms with Crippen molar-refractivity contribution >= 4 is 0 Å². The summed E-state index contributed by atoms with van der Waals surface area (Å²) in [6, 6.07) is 21.8. The predicted molar refractivity (Wildman–Crippen MR) is 115 cm³/mol. The van der Waals surface area contributed by atoms with Gasteiger partial charge in [0.15, 0.2) is 17.5 Å². The molecule has 1 aliphatic heterocycles. The monoisotopic (exact) mass is 413 g/mol. The number of ether oxygens (including phenoxy) is 2. The highest BCUT2D eigenvalue weighted by Gasteiger charge is 2.24. The first-order valence-electron chi connectivity index (χ1n) is 9.85. The number of hydrogen-bond donors (Lipinski definition) is 2. The second-order valence-corrected chi connectivity index (χ2v) is 7.14. The fraction of sp³-hybridized carbons (Fsp3) is 0.125. The van der Waals surface area contributed by atoms with Crippen molar-refractivity contribution in [1.29, 1.82) is 0 Å². The zero-order valence-electron chi connectivity index (χ0n) is 16.5. The second kappa shape index (κ2) is 8.04.